The van der Waals surface area contributed by atoms with Crippen LogP contribution in [0.1, 0.15) is 18.5 Å². The molecule has 0 aromatic heterocycles. The smallest absolute Gasteiger partial charge is 0.327 e. The molecule has 0 aliphatic rings. The molecule has 21 heavy (non-hydrogen) atoms. The Hall–Kier alpha value is -1.79. The quantitative estimate of drug-likeness (QED) is 0.551. The maximum Gasteiger partial charge on any atom is 0.327 e. The lowest BCUT2D eigenvalue weighted by Crippen LogP contribution is -2.32. The van der Waals surface area contributed by atoms with Crippen LogP contribution in [0.5, 0.6) is 11.5 Å². The molecule has 6 nitrogen and oxygen atoms in total. The van der Waals surface area contributed by atoms with Gasteiger partial charge in [0.15, 0.2) is 0 Å². The van der Waals surface area contributed by atoms with Gasteiger partial charge in [-0.2, -0.15) is 0 Å². The zero-order valence-corrected chi connectivity index (χ0v) is 13.0. The normalized spacial score (nSPS) is 11.8. The van der Waals surface area contributed by atoms with E-state index in [1.807, 2.05) is 0 Å². The second kappa shape index (κ2) is 9.20. The highest BCUT2D eigenvalue weighted by atomic mass is 16.5. The molecule has 1 unspecified atom stereocenters. The van der Waals surface area contributed by atoms with E-state index in [2.05, 4.69) is 5.32 Å². The van der Waals surface area contributed by atoms with Gasteiger partial charge in [-0.15, -0.1) is 0 Å². The standard InChI is InChI=1S/C15H23NO5/c1-5-21-15(17)14(16-8-9-18-2)12-10-11(19-3)6-7-13(12)20-4/h6-7,10,14,16H,5,8-9H2,1-4H3. The van der Waals surface area contributed by atoms with Gasteiger partial charge in [0, 0.05) is 19.2 Å². The second-order valence-electron chi connectivity index (χ2n) is 4.24. The van der Waals surface area contributed by atoms with Gasteiger partial charge in [-0.05, 0) is 25.1 Å². The molecule has 1 aromatic carbocycles. The third-order valence-corrected chi connectivity index (χ3v) is 2.92. The average molecular weight is 297 g/mol. The van der Waals surface area contributed by atoms with E-state index >= 15 is 0 Å². The van der Waals surface area contributed by atoms with Gasteiger partial charge in [-0.1, -0.05) is 0 Å². The summed E-state index contributed by atoms with van der Waals surface area (Å²) >= 11 is 0. The van der Waals surface area contributed by atoms with Gasteiger partial charge in [0.25, 0.3) is 0 Å². The summed E-state index contributed by atoms with van der Waals surface area (Å²) < 4.78 is 20.7. The van der Waals surface area contributed by atoms with Crippen molar-refractivity contribution in [3.05, 3.63) is 23.8 Å². The fourth-order valence-corrected chi connectivity index (χ4v) is 1.92. The van der Waals surface area contributed by atoms with Crippen LogP contribution in [0.25, 0.3) is 0 Å². The zero-order valence-electron chi connectivity index (χ0n) is 13.0. The third kappa shape index (κ3) is 4.91. The maximum absolute atomic E-state index is 12.2. The summed E-state index contributed by atoms with van der Waals surface area (Å²) in [5.41, 5.74) is 0.673. The summed E-state index contributed by atoms with van der Waals surface area (Å²) in [6, 6.07) is 4.67. The van der Waals surface area contributed by atoms with Crippen LogP contribution in [-0.2, 0) is 14.3 Å². The highest BCUT2D eigenvalue weighted by Gasteiger charge is 2.25. The van der Waals surface area contributed by atoms with E-state index in [-0.39, 0.29) is 5.97 Å². The van der Waals surface area contributed by atoms with Crippen molar-refractivity contribution in [3.8, 4) is 11.5 Å². The predicted molar refractivity (Wildman–Crippen MR) is 78.8 cm³/mol. The van der Waals surface area contributed by atoms with Gasteiger partial charge in [-0.25, -0.2) is 4.79 Å². The van der Waals surface area contributed by atoms with Gasteiger partial charge in [0.2, 0.25) is 0 Å². The molecule has 0 saturated heterocycles. The van der Waals surface area contributed by atoms with Crippen LogP contribution in [0, 0.1) is 0 Å². The van der Waals surface area contributed by atoms with Gasteiger partial charge in [0.05, 0.1) is 27.4 Å². The highest BCUT2D eigenvalue weighted by Crippen LogP contribution is 2.30. The van der Waals surface area contributed by atoms with E-state index in [0.717, 1.165) is 0 Å². The molecular weight excluding hydrogens is 274 g/mol. The molecule has 1 aromatic rings. The lowest BCUT2D eigenvalue weighted by molar-refractivity contribution is -0.146. The van der Waals surface area contributed by atoms with Crippen molar-refractivity contribution in [2.45, 2.75) is 13.0 Å². The number of ether oxygens (including phenoxy) is 4. The molecule has 0 bridgehead atoms. The lowest BCUT2D eigenvalue weighted by atomic mass is 10.0. The molecule has 1 N–H and O–H groups in total. The van der Waals surface area contributed by atoms with E-state index in [9.17, 15) is 4.79 Å². The molecule has 0 saturated carbocycles. The van der Waals surface area contributed by atoms with Crippen LogP contribution in [-0.4, -0.2) is 47.1 Å². The lowest BCUT2D eigenvalue weighted by Gasteiger charge is -2.20. The minimum absolute atomic E-state index is 0.313. The summed E-state index contributed by atoms with van der Waals surface area (Å²) in [6.07, 6.45) is 0. The molecule has 0 aliphatic heterocycles. The molecule has 6 heteroatoms. The van der Waals surface area contributed by atoms with Gasteiger partial charge < -0.3 is 18.9 Å². The Morgan fingerprint density at radius 3 is 2.57 bits per heavy atom. The summed E-state index contributed by atoms with van der Waals surface area (Å²) in [7, 11) is 4.74. The number of benzene rings is 1. The Kier molecular flexibility index (Phi) is 7.56. The van der Waals surface area contributed by atoms with Crippen LogP contribution in [0.3, 0.4) is 0 Å². The number of hydrogen-bond donors (Lipinski definition) is 1. The minimum Gasteiger partial charge on any atom is -0.497 e. The topological polar surface area (TPSA) is 66.0 Å². The van der Waals surface area contributed by atoms with Crippen molar-refractivity contribution in [3.63, 3.8) is 0 Å². The molecule has 1 rings (SSSR count). The summed E-state index contributed by atoms with van der Waals surface area (Å²) in [6.45, 7) is 3.09. The molecule has 0 radical (unpaired) electrons. The summed E-state index contributed by atoms with van der Waals surface area (Å²) in [4.78, 5) is 12.2. The largest absolute Gasteiger partial charge is 0.497 e. The van der Waals surface area contributed by atoms with Crippen LogP contribution in [0.15, 0.2) is 18.2 Å². The number of nitrogens with one attached hydrogen (secondary N) is 1. The minimum atomic E-state index is -0.634. The first-order chi connectivity index (χ1) is 10.2. The van der Waals surface area contributed by atoms with E-state index in [4.69, 9.17) is 18.9 Å². The number of carbonyl (C=O) groups excluding carboxylic acids is 1. The molecule has 0 aliphatic carbocycles. The molecule has 1 atom stereocenters. The van der Waals surface area contributed by atoms with Crippen molar-refractivity contribution in [1.29, 1.82) is 0 Å². The first-order valence-electron chi connectivity index (χ1n) is 6.78. The average Bonchev–Trinajstić information content (AvgIpc) is 2.51. The monoisotopic (exact) mass is 297 g/mol. The van der Waals surface area contributed by atoms with Gasteiger partial charge in [0.1, 0.15) is 17.5 Å². The molecule has 118 valence electrons. The Labute approximate surface area is 125 Å². The third-order valence-electron chi connectivity index (χ3n) is 2.92. The van der Waals surface area contributed by atoms with Crippen LogP contribution in [0.4, 0.5) is 0 Å². The van der Waals surface area contributed by atoms with Crippen molar-refractivity contribution in [2.24, 2.45) is 0 Å². The highest BCUT2D eigenvalue weighted by molar-refractivity contribution is 5.79. The van der Waals surface area contributed by atoms with Crippen molar-refractivity contribution in [2.75, 3.05) is 41.1 Å². The van der Waals surface area contributed by atoms with Crippen LogP contribution < -0.4 is 14.8 Å². The molecule has 0 fully saturated rings. The number of hydrogen-bond acceptors (Lipinski definition) is 6. The van der Waals surface area contributed by atoms with E-state index in [1.54, 1.807) is 46.5 Å². The number of esters is 1. The Balaban J connectivity index is 3.07. The molecule has 0 heterocycles. The summed E-state index contributed by atoms with van der Waals surface area (Å²) in [5.74, 6) is 0.882. The maximum atomic E-state index is 12.2. The molecular formula is C15H23NO5. The van der Waals surface area contributed by atoms with Crippen molar-refractivity contribution in [1.82, 2.24) is 5.32 Å². The Morgan fingerprint density at radius 1 is 1.24 bits per heavy atom. The number of rotatable bonds is 9. The Morgan fingerprint density at radius 2 is 2.00 bits per heavy atom. The van der Waals surface area contributed by atoms with Crippen LogP contribution >= 0.6 is 0 Å². The number of methoxy groups -OCH3 is 3. The fourth-order valence-electron chi connectivity index (χ4n) is 1.92. The zero-order chi connectivity index (χ0) is 15.7. The van der Waals surface area contributed by atoms with E-state index in [0.29, 0.717) is 36.8 Å². The van der Waals surface area contributed by atoms with Gasteiger partial charge in [-0.3, -0.25) is 5.32 Å². The van der Waals surface area contributed by atoms with Crippen LogP contribution in [0.2, 0.25) is 0 Å². The Bertz CT molecular complexity index is 450. The second-order valence-corrected chi connectivity index (χ2v) is 4.24. The summed E-state index contributed by atoms with van der Waals surface area (Å²) in [5, 5.41) is 3.11. The van der Waals surface area contributed by atoms with Crippen molar-refractivity contribution >= 4 is 5.97 Å². The van der Waals surface area contributed by atoms with E-state index in [1.165, 1.54) is 0 Å². The van der Waals surface area contributed by atoms with Gasteiger partial charge >= 0.3 is 5.97 Å². The fraction of sp³-hybridized carbons (Fsp3) is 0.533. The van der Waals surface area contributed by atoms with Crippen molar-refractivity contribution < 1.29 is 23.7 Å². The number of carbonyl (C=O) groups is 1. The predicted octanol–water partition coefficient (Wildman–Crippen LogP) is 1.54. The van der Waals surface area contributed by atoms with E-state index < -0.39 is 6.04 Å². The molecule has 0 spiro atoms. The first kappa shape index (κ1) is 17.3. The SMILES string of the molecule is CCOC(=O)C(NCCOC)c1cc(OC)ccc1OC. The first-order valence-corrected chi connectivity index (χ1v) is 6.78. The molecule has 0 amide bonds.